The topological polar surface area (TPSA) is 77.7 Å². The second-order valence-electron chi connectivity index (χ2n) is 8.65. The summed E-state index contributed by atoms with van der Waals surface area (Å²) in [5.41, 5.74) is 2.04. The van der Waals surface area contributed by atoms with Gasteiger partial charge in [0.05, 0.1) is 24.4 Å². The zero-order valence-corrected chi connectivity index (χ0v) is 19.7. The Bertz CT molecular complexity index is 1250. The van der Waals surface area contributed by atoms with E-state index in [9.17, 15) is 22.8 Å². The van der Waals surface area contributed by atoms with Crippen LogP contribution >= 0.6 is 0 Å². The highest BCUT2D eigenvalue weighted by molar-refractivity contribution is 6.11. The van der Waals surface area contributed by atoms with Crippen LogP contribution in [0.1, 0.15) is 28.5 Å². The lowest BCUT2D eigenvalue weighted by atomic mass is 10.1. The second kappa shape index (κ2) is 9.61. The van der Waals surface area contributed by atoms with E-state index < -0.39 is 23.8 Å². The molecule has 0 bridgehead atoms. The maximum Gasteiger partial charge on any atom is 0.416 e. The van der Waals surface area contributed by atoms with Crippen LogP contribution in [0, 0.1) is 6.92 Å². The molecule has 1 fully saturated rings. The number of piperazine rings is 1. The Hall–Kier alpha value is -3.53. The number of carbonyl (C=O) groups is 2. The summed E-state index contributed by atoms with van der Waals surface area (Å²) in [6.45, 7) is 5.66. The molecule has 1 aliphatic heterocycles. The number of alkyl halides is 3. The van der Waals surface area contributed by atoms with Crippen molar-refractivity contribution in [1.29, 1.82) is 0 Å². The number of anilines is 2. The van der Waals surface area contributed by atoms with Crippen molar-refractivity contribution < 1.29 is 27.5 Å². The van der Waals surface area contributed by atoms with E-state index in [4.69, 9.17) is 4.74 Å². The number of benzene rings is 2. The summed E-state index contributed by atoms with van der Waals surface area (Å²) in [5.74, 6) is -0.874. The van der Waals surface area contributed by atoms with Crippen LogP contribution in [-0.2, 0) is 15.7 Å². The molecule has 2 heterocycles. The van der Waals surface area contributed by atoms with E-state index in [0.717, 1.165) is 17.7 Å². The molecule has 0 unspecified atom stereocenters. The van der Waals surface area contributed by atoms with Gasteiger partial charge in [-0.2, -0.15) is 13.2 Å². The van der Waals surface area contributed by atoms with Crippen LogP contribution < -0.4 is 10.2 Å². The van der Waals surface area contributed by atoms with Crippen LogP contribution in [0.25, 0.3) is 10.9 Å². The van der Waals surface area contributed by atoms with Crippen LogP contribution in [0.2, 0.25) is 0 Å². The fourth-order valence-electron chi connectivity index (χ4n) is 4.33. The van der Waals surface area contributed by atoms with Crippen molar-refractivity contribution in [2.24, 2.45) is 0 Å². The fourth-order valence-corrected chi connectivity index (χ4v) is 4.33. The van der Waals surface area contributed by atoms with Gasteiger partial charge in [0.2, 0.25) is 5.91 Å². The number of aromatic amines is 1. The highest BCUT2D eigenvalue weighted by Crippen LogP contribution is 2.32. The Morgan fingerprint density at radius 3 is 2.46 bits per heavy atom. The molecular weight excluding hydrogens is 461 g/mol. The van der Waals surface area contributed by atoms with Crippen molar-refractivity contribution in [3.63, 3.8) is 0 Å². The minimum atomic E-state index is -4.39. The van der Waals surface area contributed by atoms with Crippen LogP contribution in [0.4, 0.5) is 24.5 Å². The molecule has 1 atom stereocenters. The molecule has 186 valence electrons. The number of nitrogens with one attached hydrogen (secondary N) is 2. The summed E-state index contributed by atoms with van der Waals surface area (Å²) in [4.78, 5) is 32.3. The highest BCUT2D eigenvalue weighted by atomic mass is 19.4. The lowest BCUT2D eigenvalue weighted by Gasteiger charge is -2.38. The number of ether oxygens (including phenoxy) is 1. The standard InChI is InChI=1S/C25H27F3N4O3/c1-15-7-8-20-19(13-15)21(22(29-20)24(34)35-3)30-23(33)16(2)31-9-11-32(12-10-31)18-6-4-5-17(14-18)25(26,27)28/h4-8,13-14,16,29H,9-12H2,1-3H3,(H,30,33)/t16-/m0/s1. The number of esters is 1. The normalized spacial score (nSPS) is 15.8. The number of fused-ring (bicyclic) bond motifs is 1. The molecule has 0 radical (unpaired) electrons. The SMILES string of the molecule is COC(=O)c1[nH]c2ccc(C)cc2c1NC(=O)[C@H](C)N1CCN(c2cccc(C(F)(F)F)c2)CC1. The van der Waals surface area contributed by atoms with Crippen molar-refractivity contribution in [2.75, 3.05) is 43.5 Å². The van der Waals surface area contributed by atoms with Gasteiger partial charge in [0.25, 0.3) is 0 Å². The van der Waals surface area contributed by atoms with Crippen LogP contribution in [0.3, 0.4) is 0 Å². The van der Waals surface area contributed by atoms with Crippen LogP contribution in [0.5, 0.6) is 0 Å². The Morgan fingerprint density at radius 2 is 1.80 bits per heavy atom. The molecule has 1 aromatic heterocycles. The molecule has 4 rings (SSSR count). The zero-order chi connectivity index (χ0) is 25.3. The second-order valence-corrected chi connectivity index (χ2v) is 8.65. The van der Waals surface area contributed by atoms with Gasteiger partial charge in [0.1, 0.15) is 5.69 Å². The van der Waals surface area contributed by atoms with Crippen molar-refractivity contribution in [2.45, 2.75) is 26.1 Å². The first-order valence-electron chi connectivity index (χ1n) is 11.3. The predicted octanol–water partition coefficient (Wildman–Crippen LogP) is 4.43. The number of rotatable bonds is 5. The molecule has 10 heteroatoms. The average molecular weight is 489 g/mol. The third-order valence-corrected chi connectivity index (χ3v) is 6.37. The number of carbonyl (C=O) groups excluding carboxylic acids is 2. The van der Waals surface area contributed by atoms with E-state index in [1.165, 1.54) is 13.2 Å². The molecule has 0 saturated carbocycles. The zero-order valence-electron chi connectivity index (χ0n) is 19.7. The summed E-state index contributed by atoms with van der Waals surface area (Å²) in [6, 6.07) is 10.4. The number of hydrogen-bond acceptors (Lipinski definition) is 5. The number of hydrogen-bond donors (Lipinski definition) is 2. The number of nitrogens with zero attached hydrogens (tertiary/aromatic N) is 2. The number of aromatic nitrogens is 1. The smallest absolute Gasteiger partial charge is 0.416 e. The van der Waals surface area contributed by atoms with Gasteiger partial charge in [-0.15, -0.1) is 0 Å². The Balaban J connectivity index is 1.46. The van der Waals surface area contributed by atoms with E-state index in [0.29, 0.717) is 48.5 Å². The van der Waals surface area contributed by atoms with E-state index in [1.54, 1.807) is 13.0 Å². The van der Waals surface area contributed by atoms with Gasteiger partial charge in [-0.05, 0) is 44.2 Å². The van der Waals surface area contributed by atoms with Gasteiger partial charge >= 0.3 is 12.1 Å². The van der Waals surface area contributed by atoms with Gasteiger partial charge in [-0.25, -0.2) is 4.79 Å². The van der Waals surface area contributed by atoms with E-state index in [1.807, 2.05) is 34.9 Å². The molecule has 0 aliphatic carbocycles. The van der Waals surface area contributed by atoms with Gasteiger partial charge in [0.15, 0.2) is 0 Å². The minimum absolute atomic E-state index is 0.169. The molecular formula is C25H27F3N4O3. The van der Waals surface area contributed by atoms with Crippen molar-refractivity contribution >= 4 is 34.2 Å². The first-order chi connectivity index (χ1) is 16.6. The first kappa shape index (κ1) is 24.6. The Kier molecular flexibility index (Phi) is 6.75. The molecule has 1 saturated heterocycles. The van der Waals surface area contributed by atoms with Crippen molar-refractivity contribution in [3.05, 3.63) is 59.3 Å². The van der Waals surface area contributed by atoms with Crippen molar-refractivity contribution in [3.8, 4) is 0 Å². The molecule has 2 aromatic carbocycles. The lowest BCUT2D eigenvalue weighted by Crippen LogP contribution is -2.52. The Labute approximate surface area is 200 Å². The summed E-state index contributed by atoms with van der Waals surface area (Å²) in [6.07, 6.45) is -4.39. The van der Waals surface area contributed by atoms with E-state index >= 15 is 0 Å². The fraction of sp³-hybridized carbons (Fsp3) is 0.360. The summed E-state index contributed by atoms with van der Waals surface area (Å²) < 4.78 is 44.1. The maximum atomic E-state index is 13.2. The minimum Gasteiger partial charge on any atom is -0.464 e. The lowest BCUT2D eigenvalue weighted by molar-refractivity contribution is -0.137. The van der Waals surface area contributed by atoms with Gasteiger partial charge in [-0.1, -0.05) is 17.7 Å². The van der Waals surface area contributed by atoms with Gasteiger partial charge in [-0.3, -0.25) is 9.69 Å². The molecule has 7 nitrogen and oxygen atoms in total. The number of aryl methyl sites for hydroxylation is 1. The molecule has 2 N–H and O–H groups in total. The Morgan fingerprint density at radius 1 is 1.09 bits per heavy atom. The quantitative estimate of drug-likeness (QED) is 0.520. The third-order valence-electron chi connectivity index (χ3n) is 6.37. The summed E-state index contributed by atoms with van der Waals surface area (Å²) in [5, 5.41) is 3.60. The predicted molar refractivity (Wildman–Crippen MR) is 128 cm³/mol. The largest absolute Gasteiger partial charge is 0.464 e. The van der Waals surface area contributed by atoms with Crippen LogP contribution in [-0.4, -0.2) is 61.1 Å². The average Bonchev–Trinajstić information content (AvgIpc) is 3.20. The number of amides is 1. The van der Waals surface area contributed by atoms with Crippen LogP contribution in [0.15, 0.2) is 42.5 Å². The van der Waals surface area contributed by atoms with Crippen molar-refractivity contribution in [1.82, 2.24) is 9.88 Å². The van der Waals surface area contributed by atoms with E-state index in [2.05, 4.69) is 10.3 Å². The molecule has 35 heavy (non-hydrogen) atoms. The van der Waals surface area contributed by atoms with Gasteiger partial charge in [0, 0.05) is 42.8 Å². The molecule has 0 spiro atoms. The van der Waals surface area contributed by atoms with E-state index in [-0.39, 0.29) is 11.6 Å². The maximum absolute atomic E-state index is 13.2. The molecule has 1 amide bonds. The summed E-state index contributed by atoms with van der Waals surface area (Å²) >= 11 is 0. The van der Waals surface area contributed by atoms with Gasteiger partial charge < -0.3 is 19.9 Å². The molecule has 3 aromatic rings. The summed E-state index contributed by atoms with van der Waals surface area (Å²) in [7, 11) is 1.28. The first-order valence-corrected chi connectivity index (χ1v) is 11.3. The molecule has 1 aliphatic rings. The monoisotopic (exact) mass is 488 g/mol. The third kappa shape index (κ3) is 5.12. The highest BCUT2D eigenvalue weighted by Gasteiger charge is 2.32. The number of halogens is 3. The number of H-pyrrole nitrogens is 1. The number of methoxy groups -OCH3 is 1.